The molecule has 4 heteroatoms. The molecule has 2 rings (SSSR count). The third-order valence-corrected chi connectivity index (χ3v) is 3.26. The van der Waals surface area contributed by atoms with E-state index in [0.29, 0.717) is 5.56 Å². The molecule has 3 nitrogen and oxygen atoms in total. The molecule has 2 aromatic carbocycles. The van der Waals surface area contributed by atoms with Crippen LogP contribution in [0.2, 0.25) is 0 Å². The van der Waals surface area contributed by atoms with Crippen molar-refractivity contribution in [1.82, 2.24) is 5.32 Å². The molecule has 0 aliphatic heterocycles. The fourth-order valence-corrected chi connectivity index (χ4v) is 2.12. The summed E-state index contributed by atoms with van der Waals surface area (Å²) in [4.78, 5) is 12.1. The van der Waals surface area contributed by atoms with Gasteiger partial charge in [-0.1, -0.05) is 28.1 Å². The molecule has 1 amide bonds. The average molecular weight is 317 g/mol. The summed E-state index contributed by atoms with van der Waals surface area (Å²) in [6.07, 6.45) is 0. The van der Waals surface area contributed by atoms with E-state index in [1.54, 1.807) is 19.9 Å². The average Bonchev–Trinajstić information content (AvgIpc) is 2.37. The number of benzene rings is 2. The van der Waals surface area contributed by atoms with Gasteiger partial charge in [-0.15, -0.1) is 0 Å². The summed E-state index contributed by atoms with van der Waals surface area (Å²) in [5.41, 5.74) is -0.315. The first kappa shape index (κ1) is 13.6. The summed E-state index contributed by atoms with van der Waals surface area (Å²) in [6.45, 7) is 3.34. The molecular weight excluding hydrogens is 304 g/mol. The minimum absolute atomic E-state index is 0.239. The molecule has 0 aromatic heterocycles. The van der Waals surface area contributed by atoms with E-state index in [1.165, 1.54) is 0 Å². The van der Waals surface area contributed by atoms with Gasteiger partial charge in [0.1, 0.15) is 5.54 Å². The summed E-state index contributed by atoms with van der Waals surface area (Å²) in [7, 11) is 0. The second-order valence-electron chi connectivity index (χ2n) is 4.90. The first-order valence-corrected chi connectivity index (χ1v) is 6.64. The summed E-state index contributed by atoms with van der Waals surface area (Å²) >= 11 is 3.41. The van der Waals surface area contributed by atoms with Gasteiger partial charge in [0.15, 0.2) is 0 Å². The van der Waals surface area contributed by atoms with Crippen molar-refractivity contribution in [2.24, 2.45) is 0 Å². The minimum atomic E-state index is -0.869. The summed E-state index contributed by atoms with van der Waals surface area (Å²) in [5.74, 6) is -0.239. The third kappa shape index (κ3) is 3.12. The second kappa shape index (κ2) is 5.02. The highest BCUT2D eigenvalue weighted by Gasteiger charge is 2.20. The number of carbonyl (C=O) groups excluding carboxylic acids is 1. The number of carbonyl (C=O) groups is 1. The number of halogens is 1. The van der Waals surface area contributed by atoms with Crippen LogP contribution in [-0.4, -0.2) is 11.4 Å². The van der Waals surface area contributed by atoms with Crippen LogP contribution in [0.5, 0.6) is 0 Å². The first-order chi connectivity index (χ1) is 8.91. The lowest BCUT2D eigenvalue weighted by molar-refractivity contribution is 0.0929. The van der Waals surface area contributed by atoms with E-state index in [9.17, 15) is 4.79 Å². The van der Waals surface area contributed by atoms with Crippen molar-refractivity contribution in [1.29, 1.82) is 5.26 Å². The predicted octanol–water partition coefficient (Wildman–Crippen LogP) is 3.63. The van der Waals surface area contributed by atoms with Crippen LogP contribution in [0.4, 0.5) is 0 Å². The number of nitrogens with zero attached hydrogens (tertiary/aromatic N) is 1. The van der Waals surface area contributed by atoms with E-state index < -0.39 is 5.54 Å². The lowest BCUT2D eigenvalue weighted by Crippen LogP contribution is -2.42. The maximum atomic E-state index is 12.1. The maximum absolute atomic E-state index is 12.1. The van der Waals surface area contributed by atoms with Crippen LogP contribution in [0.15, 0.2) is 40.9 Å². The van der Waals surface area contributed by atoms with Crippen LogP contribution in [0.3, 0.4) is 0 Å². The quantitative estimate of drug-likeness (QED) is 0.919. The van der Waals surface area contributed by atoms with Gasteiger partial charge in [-0.3, -0.25) is 4.79 Å². The molecule has 0 fully saturated rings. The predicted molar refractivity (Wildman–Crippen MR) is 78.8 cm³/mol. The fraction of sp³-hybridized carbons (Fsp3) is 0.200. The maximum Gasteiger partial charge on any atom is 0.252 e. The topological polar surface area (TPSA) is 52.9 Å². The van der Waals surface area contributed by atoms with Crippen LogP contribution in [-0.2, 0) is 0 Å². The number of nitriles is 1. The number of rotatable bonds is 2. The zero-order chi connectivity index (χ0) is 14.0. The van der Waals surface area contributed by atoms with E-state index >= 15 is 0 Å². The molecule has 0 bridgehead atoms. The molecule has 0 spiro atoms. The summed E-state index contributed by atoms with van der Waals surface area (Å²) in [5, 5.41) is 13.7. The van der Waals surface area contributed by atoms with Crippen LogP contribution >= 0.6 is 15.9 Å². The van der Waals surface area contributed by atoms with Crippen molar-refractivity contribution in [3.05, 3.63) is 46.4 Å². The number of amides is 1. The lowest BCUT2D eigenvalue weighted by atomic mass is 10.0. The van der Waals surface area contributed by atoms with Gasteiger partial charge in [-0.25, -0.2) is 0 Å². The standard InChI is InChI=1S/C15H13BrN2O/c1-15(2,9-17)18-14(19)12-4-3-11-8-13(16)6-5-10(11)7-12/h3-8H,1-2H3,(H,18,19). The Balaban J connectivity index is 2.34. The highest BCUT2D eigenvalue weighted by atomic mass is 79.9. The van der Waals surface area contributed by atoms with Gasteiger partial charge in [0.05, 0.1) is 6.07 Å². The monoisotopic (exact) mass is 316 g/mol. The largest absolute Gasteiger partial charge is 0.334 e. The Morgan fingerprint density at radius 2 is 1.84 bits per heavy atom. The fourth-order valence-electron chi connectivity index (χ4n) is 1.74. The molecule has 0 unspecified atom stereocenters. The molecule has 96 valence electrons. The van der Waals surface area contributed by atoms with E-state index in [0.717, 1.165) is 15.2 Å². The molecule has 0 aliphatic carbocycles. The van der Waals surface area contributed by atoms with Crippen LogP contribution < -0.4 is 5.32 Å². The smallest absolute Gasteiger partial charge is 0.252 e. The van der Waals surface area contributed by atoms with Crippen molar-refractivity contribution >= 4 is 32.6 Å². The Kier molecular flexibility index (Phi) is 3.59. The lowest BCUT2D eigenvalue weighted by Gasteiger charge is -2.17. The molecule has 0 radical (unpaired) electrons. The van der Waals surface area contributed by atoms with E-state index in [2.05, 4.69) is 21.2 Å². The van der Waals surface area contributed by atoms with Gasteiger partial charge in [-0.2, -0.15) is 5.26 Å². The number of nitrogens with one attached hydrogen (secondary N) is 1. The number of fused-ring (bicyclic) bond motifs is 1. The minimum Gasteiger partial charge on any atom is -0.334 e. The van der Waals surface area contributed by atoms with Crippen molar-refractivity contribution in [3.63, 3.8) is 0 Å². The zero-order valence-corrected chi connectivity index (χ0v) is 12.3. The molecule has 1 N–H and O–H groups in total. The molecule has 0 saturated carbocycles. The van der Waals surface area contributed by atoms with Crippen LogP contribution in [0.25, 0.3) is 10.8 Å². The first-order valence-electron chi connectivity index (χ1n) is 5.84. The van der Waals surface area contributed by atoms with Crippen LogP contribution in [0.1, 0.15) is 24.2 Å². The number of hydrogen-bond donors (Lipinski definition) is 1. The highest BCUT2D eigenvalue weighted by molar-refractivity contribution is 9.10. The van der Waals surface area contributed by atoms with Gasteiger partial charge in [-0.05, 0) is 48.9 Å². The SMILES string of the molecule is CC(C)(C#N)NC(=O)c1ccc2cc(Br)ccc2c1. The van der Waals surface area contributed by atoms with Gasteiger partial charge in [0.25, 0.3) is 5.91 Å². The van der Waals surface area contributed by atoms with Crippen molar-refractivity contribution in [3.8, 4) is 6.07 Å². The van der Waals surface area contributed by atoms with E-state index in [4.69, 9.17) is 5.26 Å². The third-order valence-electron chi connectivity index (χ3n) is 2.77. The Morgan fingerprint density at radius 3 is 2.53 bits per heavy atom. The normalized spacial score (nSPS) is 11.1. The summed E-state index contributed by atoms with van der Waals surface area (Å²) in [6, 6.07) is 13.4. The Hall–Kier alpha value is -1.86. The van der Waals surface area contributed by atoms with Crippen molar-refractivity contribution in [2.45, 2.75) is 19.4 Å². The van der Waals surface area contributed by atoms with Crippen molar-refractivity contribution < 1.29 is 4.79 Å². The number of hydrogen-bond acceptors (Lipinski definition) is 2. The highest BCUT2D eigenvalue weighted by Crippen LogP contribution is 2.21. The molecular formula is C15H13BrN2O. The van der Waals surface area contributed by atoms with Gasteiger partial charge in [0.2, 0.25) is 0 Å². The van der Waals surface area contributed by atoms with Crippen molar-refractivity contribution in [2.75, 3.05) is 0 Å². The van der Waals surface area contributed by atoms with Crippen LogP contribution in [0, 0.1) is 11.3 Å². The van der Waals surface area contributed by atoms with E-state index in [-0.39, 0.29) is 5.91 Å². The molecule has 0 atom stereocenters. The van der Waals surface area contributed by atoms with E-state index in [1.807, 2.05) is 36.4 Å². The molecule has 19 heavy (non-hydrogen) atoms. The summed E-state index contributed by atoms with van der Waals surface area (Å²) < 4.78 is 1.00. The molecule has 0 heterocycles. The Labute approximate surface area is 120 Å². The molecule has 0 aliphatic rings. The van der Waals surface area contributed by atoms with Gasteiger partial charge < -0.3 is 5.32 Å². The Bertz CT molecular complexity index is 686. The Morgan fingerprint density at radius 1 is 1.21 bits per heavy atom. The van der Waals surface area contributed by atoms with Gasteiger partial charge in [0, 0.05) is 10.0 Å². The molecule has 2 aromatic rings. The van der Waals surface area contributed by atoms with Gasteiger partial charge >= 0.3 is 0 Å². The zero-order valence-electron chi connectivity index (χ0n) is 10.7. The second-order valence-corrected chi connectivity index (χ2v) is 5.81. The molecule has 0 saturated heterocycles.